The molecule has 1 atom stereocenters. The standard InChI is InChI=1S/C22H31FN4O/c1-18(2)21-16-27(22(28)5-3-11-25-14-10-24-17-25)13-4-12-26(21)15-19-6-8-20(23)9-7-19/h6-10,14,17-18,21H,3-5,11-13,15-16H2,1-2H3/t21-/m0/s1. The lowest BCUT2D eigenvalue weighted by molar-refractivity contribution is -0.131. The predicted molar refractivity (Wildman–Crippen MR) is 108 cm³/mol. The van der Waals surface area contributed by atoms with Gasteiger partial charge in [-0.3, -0.25) is 9.69 Å². The SMILES string of the molecule is CC(C)[C@@H]1CN(C(=O)CCCn2ccnc2)CCCN1Cc1ccc(F)cc1. The average Bonchev–Trinajstić information content (AvgIpc) is 3.09. The van der Waals surface area contributed by atoms with E-state index in [0.29, 0.717) is 18.4 Å². The molecule has 2 aromatic rings. The van der Waals surface area contributed by atoms with Crippen LogP contribution >= 0.6 is 0 Å². The molecule has 1 aliphatic heterocycles. The van der Waals surface area contributed by atoms with E-state index in [-0.39, 0.29) is 11.7 Å². The fourth-order valence-corrected chi connectivity index (χ4v) is 3.93. The Labute approximate surface area is 167 Å². The minimum atomic E-state index is -0.201. The molecule has 3 rings (SSSR count). The van der Waals surface area contributed by atoms with Crippen molar-refractivity contribution in [2.45, 2.75) is 52.2 Å². The third kappa shape index (κ3) is 5.64. The lowest BCUT2D eigenvalue weighted by Crippen LogP contribution is -2.45. The minimum absolute atomic E-state index is 0.201. The number of carbonyl (C=O) groups is 1. The van der Waals surface area contributed by atoms with E-state index in [1.165, 1.54) is 12.1 Å². The minimum Gasteiger partial charge on any atom is -0.341 e. The molecule has 0 radical (unpaired) electrons. The molecule has 1 amide bonds. The molecule has 152 valence electrons. The third-order valence-corrected chi connectivity index (χ3v) is 5.54. The first-order chi connectivity index (χ1) is 13.5. The Bertz CT molecular complexity index is 730. The molecule has 0 spiro atoms. The van der Waals surface area contributed by atoms with Gasteiger partial charge in [-0.05, 0) is 36.5 Å². The van der Waals surface area contributed by atoms with Crippen molar-refractivity contribution in [3.63, 3.8) is 0 Å². The maximum absolute atomic E-state index is 13.2. The van der Waals surface area contributed by atoms with Gasteiger partial charge in [0, 0.05) is 57.6 Å². The average molecular weight is 387 g/mol. The largest absolute Gasteiger partial charge is 0.341 e. The first kappa shape index (κ1) is 20.5. The number of benzene rings is 1. The van der Waals surface area contributed by atoms with Crippen LogP contribution in [-0.2, 0) is 17.9 Å². The Morgan fingerprint density at radius 2 is 2.04 bits per heavy atom. The number of aromatic nitrogens is 2. The van der Waals surface area contributed by atoms with Gasteiger partial charge in [0.15, 0.2) is 0 Å². The van der Waals surface area contributed by atoms with Crippen molar-refractivity contribution in [3.8, 4) is 0 Å². The highest BCUT2D eigenvalue weighted by molar-refractivity contribution is 5.76. The number of amides is 1. The summed E-state index contributed by atoms with van der Waals surface area (Å²) < 4.78 is 15.2. The van der Waals surface area contributed by atoms with Crippen molar-refractivity contribution in [1.82, 2.24) is 19.4 Å². The molecule has 0 saturated carbocycles. The van der Waals surface area contributed by atoms with Crippen LogP contribution < -0.4 is 0 Å². The van der Waals surface area contributed by atoms with Gasteiger partial charge in [-0.15, -0.1) is 0 Å². The molecule has 1 saturated heterocycles. The zero-order valence-corrected chi connectivity index (χ0v) is 16.9. The summed E-state index contributed by atoms with van der Waals surface area (Å²) in [6, 6.07) is 7.07. The molecule has 2 heterocycles. The Morgan fingerprint density at radius 1 is 1.25 bits per heavy atom. The summed E-state index contributed by atoms with van der Waals surface area (Å²) >= 11 is 0. The van der Waals surface area contributed by atoms with Crippen molar-refractivity contribution in [1.29, 1.82) is 0 Å². The van der Waals surface area contributed by atoms with Crippen molar-refractivity contribution < 1.29 is 9.18 Å². The van der Waals surface area contributed by atoms with Crippen molar-refractivity contribution in [2.75, 3.05) is 19.6 Å². The number of carbonyl (C=O) groups excluding carboxylic acids is 1. The lowest BCUT2D eigenvalue weighted by Gasteiger charge is -2.34. The Morgan fingerprint density at radius 3 is 2.71 bits per heavy atom. The van der Waals surface area contributed by atoms with Crippen LogP contribution in [0.2, 0.25) is 0 Å². The number of imidazole rings is 1. The lowest BCUT2D eigenvalue weighted by atomic mass is 10.0. The number of halogens is 1. The second kappa shape index (κ2) is 9.82. The number of rotatable bonds is 7. The van der Waals surface area contributed by atoms with E-state index in [0.717, 1.165) is 51.1 Å². The van der Waals surface area contributed by atoms with E-state index in [9.17, 15) is 9.18 Å². The van der Waals surface area contributed by atoms with E-state index in [1.54, 1.807) is 12.5 Å². The van der Waals surface area contributed by atoms with Crippen LogP contribution in [0.25, 0.3) is 0 Å². The normalized spacial score (nSPS) is 18.4. The molecule has 6 heteroatoms. The number of aryl methyl sites for hydroxylation is 1. The van der Waals surface area contributed by atoms with Gasteiger partial charge in [-0.2, -0.15) is 0 Å². The molecule has 0 aliphatic carbocycles. The van der Waals surface area contributed by atoms with Gasteiger partial charge in [0.05, 0.1) is 6.33 Å². The third-order valence-electron chi connectivity index (χ3n) is 5.54. The number of hydrogen-bond acceptors (Lipinski definition) is 3. The maximum Gasteiger partial charge on any atom is 0.222 e. The predicted octanol–water partition coefficient (Wildman–Crippen LogP) is 3.56. The fraction of sp³-hybridized carbons (Fsp3) is 0.545. The van der Waals surface area contributed by atoms with E-state index >= 15 is 0 Å². The molecule has 1 aromatic carbocycles. The van der Waals surface area contributed by atoms with Crippen LogP contribution in [-0.4, -0.2) is 50.9 Å². The van der Waals surface area contributed by atoms with Gasteiger partial charge in [-0.1, -0.05) is 26.0 Å². The highest BCUT2D eigenvalue weighted by Gasteiger charge is 2.29. The van der Waals surface area contributed by atoms with Gasteiger partial charge < -0.3 is 9.47 Å². The summed E-state index contributed by atoms with van der Waals surface area (Å²) in [4.78, 5) is 21.3. The van der Waals surface area contributed by atoms with Crippen molar-refractivity contribution in [3.05, 3.63) is 54.4 Å². The molecule has 0 bridgehead atoms. The second-order valence-corrected chi connectivity index (χ2v) is 8.01. The monoisotopic (exact) mass is 386 g/mol. The molecule has 1 aliphatic rings. The number of nitrogens with zero attached hydrogens (tertiary/aromatic N) is 4. The van der Waals surface area contributed by atoms with Gasteiger partial charge in [-0.25, -0.2) is 9.37 Å². The second-order valence-electron chi connectivity index (χ2n) is 8.01. The molecule has 1 fully saturated rings. The Balaban J connectivity index is 1.58. The van der Waals surface area contributed by atoms with Gasteiger partial charge >= 0.3 is 0 Å². The maximum atomic E-state index is 13.2. The molecule has 0 N–H and O–H groups in total. The smallest absolute Gasteiger partial charge is 0.222 e. The van der Waals surface area contributed by atoms with E-state index in [4.69, 9.17) is 0 Å². The number of hydrogen-bond donors (Lipinski definition) is 0. The molecular formula is C22H31FN4O. The zero-order chi connectivity index (χ0) is 19.9. The van der Waals surface area contributed by atoms with Crippen LogP contribution in [0.5, 0.6) is 0 Å². The van der Waals surface area contributed by atoms with Crippen molar-refractivity contribution in [2.24, 2.45) is 5.92 Å². The Kier molecular flexibility index (Phi) is 7.20. The first-order valence-corrected chi connectivity index (χ1v) is 10.2. The van der Waals surface area contributed by atoms with Crippen molar-refractivity contribution >= 4 is 5.91 Å². The van der Waals surface area contributed by atoms with Crippen LogP contribution in [0.15, 0.2) is 43.0 Å². The summed E-state index contributed by atoms with van der Waals surface area (Å²) in [5, 5.41) is 0. The first-order valence-electron chi connectivity index (χ1n) is 10.2. The molecular weight excluding hydrogens is 355 g/mol. The summed E-state index contributed by atoms with van der Waals surface area (Å²) in [7, 11) is 0. The van der Waals surface area contributed by atoms with E-state index in [2.05, 4.69) is 23.7 Å². The summed E-state index contributed by atoms with van der Waals surface area (Å²) in [6.45, 7) is 8.59. The quantitative estimate of drug-likeness (QED) is 0.731. The highest BCUT2D eigenvalue weighted by atomic mass is 19.1. The topological polar surface area (TPSA) is 41.4 Å². The molecule has 1 aromatic heterocycles. The van der Waals surface area contributed by atoms with Gasteiger partial charge in [0.2, 0.25) is 5.91 Å². The van der Waals surface area contributed by atoms with Gasteiger partial charge in [0.25, 0.3) is 0 Å². The molecule has 28 heavy (non-hydrogen) atoms. The summed E-state index contributed by atoms with van der Waals surface area (Å²) in [5.41, 5.74) is 1.12. The van der Waals surface area contributed by atoms with Crippen LogP contribution in [0, 0.1) is 11.7 Å². The van der Waals surface area contributed by atoms with Crippen LogP contribution in [0.3, 0.4) is 0 Å². The van der Waals surface area contributed by atoms with Crippen LogP contribution in [0.1, 0.15) is 38.7 Å². The highest BCUT2D eigenvalue weighted by Crippen LogP contribution is 2.21. The fourth-order valence-electron chi connectivity index (χ4n) is 3.93. The van der Waals surface area contributed by atoms with Crippen LogP contribution in [0.4, 0.5) is 4.39 Å². The summed E-state index contributed by atoms with van der Waals surface area (Å²) in [6.07, 6.45) is 7.85. The molecule has 0 unspecified atom stereocenters. The van der Waals surface area contributed by atoms with E-state index in [1.807, 2.05) is 27.8 Å². The zero-order valence-electron chi connectivity index (χ0n) is 16.9. The van der Waals surface area contributed by atoms with E-state index < -0.39 is 0 Å². The molecule has 5 nitrogen and oxygen atoms in total. The summed E-state index contributed by atoms with van der Waals surface area (Å²) in [5.74, 6) is 0.488. The van der Waals surface area contributed by atoms with Gasteiger partial charge in [0.1, 0.15) is 5.82 Å². The Hall–Kier alpha value is -2.21.